The minimum Gasteiger partial charge on any atom is -0.417 e. The van der Waals surface area contributed by atoms with Gasteiger partial charge in [-0.1, -0.05) is 18.2 Å². The van der Waals surface area contributed by atoms with Crippen LogP contribution in [0.3, 0.4) is 0 Å². The summed E-state index contributed by atoms with van der Waals surface area (Å²) in [7, 11) is 0. The first-order valence-corrected chi connectivity index (χ1v) is 5.61. The molecule has 0 bridgehead atoms. The van der Waals surface area contributed by atoms with Gasteiger partial charge in [-0.2, -0.15) is 8.78 Å². The van der Waals surface area contributed by atoms with Gasteiger partial charge in [0.15, 0.2) is 0 Å². The number of pyridine rings is 1. The number of nitrogens with zero attached hydrogens (tertiary/aromatic N) is 1. The minimum absolute atomic E-state index is 0.130. The lowest BCUT2D eigenvalue weighted by Crippen LogP contribution is -2.17. The maximum Gasteiger partial charge on any atom is 0.573 e. The summed E-state index contributed by atoms with van der Waals surface area (Å²) in [6.07, 6.45) is -3.71. The topological polar surface area (TPSA) is 31.4 Å². The number of hydrogen-bond donors (Lipinski definition) is 0. The SMILES string of the molecule is FC(F)Oc1ccc(-c2ccccc2OC(F)(F)F)cn1. The van der Waals surface area contributed by atoms with Crippen LogP contribution in [0.1, 0.15) is 0 Å². The number of aromatic nitrogens is 1. The van der Waals surface area contributed by atoms with E-state index in [-0.39, 0.29) is 17.0 Å². The molecule has 3 nitrogen and oxygen atoms in total. The maximum atomic E-state index is 12.3. The molecule has 1 aromatic heterocycles. The Labute approximate surface area is 115 Å². The third-order valence-corrected chi connectivity index (χ3v) is 2.37. The summed E-state index contributed by atoms with van der Waals surface area (Å²) in [6.45, 7) is -3.02. The highest BCUT2D eigenvalue weighted by Crippen LogP contribution is 2.33. The van der Waals surface area contributed by atoms with Crippen LogP contribution < -0.4 is 9.47 Å². The molecule has 0 fully saturated rings. The van der Waals surface area contributed by atoms with Crippen molar-refractivity contribution < 1.29 is 31.4 Å². The highest BCUT2D eigenvalue weighted by atomic mass is 19.4. The number of benzene rings is 1. The fourth-order valence-electron chi connectivity index (χ4n) is 1.62. The molecule has 8 heteroatoms. The molecule has 0 saturated heterocycles. The van der Waals surface area contributed by atoms with Crippen molar-refractivity contribution in [1.29, 1.82) is 0 Å². The van der Waals surface area contributed by atoms with Gasteiger partial charge < -0.3 is 9.47 Å². The Morgan fingerprint density at radius 3 is 2.29 bits per heavy atom. The van der Waals surface area contributed by atoms with E-state index >= 15 is 0 Å². The summed E-state index contributed by atoms with van der Waals surface area (Å²) in [5.41, 5.74) is 0.405. The summed E-state index contributed by atoms with van der Waals surface area (Å²) < 4.78 is 68.8. The highest BCUT2D eigenvalue weighted by molar-refractivity contribution is 5.69. The van der Waals surface area contributed by atoms with E-state index in [9.17, 15) is 22.0 Å². The number of rotatable bonds is 4. The summed E-state index contributed by atoms with van der Waals surface area (Å²) in [5, 5.41) is 0. The van der Waals surface area contributed by atoms with Crippen molar-refractivity contribution in [3.05, 3.63) is 42.6 Å². The van der Waals surface area contributed by atoms with E-state index in [2.05, 4.69) is 14.5 Å². The number of halogens is 5. The number of para-hydroxylation sites is 1. The third-order valence-electron chi connectivity index (χ3n) is 2.37. The van der Waals surface area contributed by atoms with E-state index in [0.29, 0.717) is 0 Å². The molecule has 2 aromatic rings. The van der Waals surface area contributed by atoms with Crippen molar-refractivity contribution in [2.75, 3.05) is 0 Å². The minimum atomic E-state index is -4.83. The largest absolute Gasteiger partial charge is 0.573 e. The molecule has 0 spiro atoms. The number of alkyl halides is 5. The molecule has 0 unspecified atom stereocenters. The quantitative estimate of drug-likeness (QED) is 0.791. The van der Waals surface area contributed by atoms with E-state index in [1.165, 1.54) is 24.3 Å². The van der Waals surface area contributed by atoms with Crippen LogP contribution in [-0.4, -0.2) is 18.0 Å². The van der Waals surface area contributed by atoms with Crippen LogP contribution in [0, 0.1) is 0 Å². The molecule has 0 aliphatic heterocycles. The zero-order chi connectivity index (χ0) is 15.5. The Morgan fingerprint density at radius 2 is 1.71 bits per heavy atom. The maximum absolute atomic E-state index is 12.3. The summed E-state index contributed by atoms with van der Waals surface area (Å²) in [6, 6.07) is 7.88. The number of hydrogen-bond acceptors (Lipinski definition) is 3. The molecule has 2 rings (SSSR count). The predicted octanol–water partition coefficient (Wildman–Crippen LogP) is 4.25. The Balaban J connectivity index is 2.29. The molecule has 0 N–H and O–H groups in total. The Morgan fingerprint density at radius 1 is 1.00 bits per heavy atom. The Bertz CT molecular complexity index is 598. The molecule has 112 valence electrons. The van der Waals surface area contributed by atoms with Crippen LogP contribution in [-0.2, 0) is 0 Å². The average Bonchev–Trinajstić information content (AvgIpc) is 2.38. The zero-order valence-electron chi connectivity index (χ0n) is 10.3. The first kappa shape index (κ1) is 15.0. The molecule has 0 radical (unpaired) electrons. The lowest BCUT2D eigenvalue weighted by atomic mass is 10.1. The van der Waals surface area contributed by atoms with E-state index in [4.69, 9.17) is 0 Å². The Kier molecular flexibility index (Phi) is 4.25. The van der Waals surface area contributed by atoms with Gasteiger partial charge in [-0.15, -0.1) is 13.2 Å². The van der Waals surface area contributed by atoms with Crippen LogP contribution in [0.2, 0.25) is 0 Å². The van der Waals surface area contributed by atoms with E-state index in [1.807, 2.05) is 0 Å². The highest BCUT2D eigenvalue weighted by Gasteiger charge is 2.32. The summed E-state index contributed by atoms with van der Waals surface area (Å²) in [5.74, 6) is -0.739. The molecule has 0 amide bonds. The van der Waals surface area contributed by atoms with Crippen molar-refractivity contribution >= 4 is 0 Å². The molecule has 0 aliphatic rings. The van der Waals surface area contributed by atoms with E-state index in [1.54, 1.807) is 0 Å². The van der Waals surface area contributed by atoms with Gasteiger partial charge in [0.1, 0.15) is 5.75 Å². The monoisotopic (exact) mass is 305 g/mol. The van der Waals surface area contributed by atoms with Gasteiger partial charge in [0, 0.05) is 23.4 Å². The van der Waals surface area contributed by atoms with Crippen molar-refractivity contribution in [2.45, 2.75) is 13.0 Å². The lowest BCUT2D eigenvalue weighted by Gasteiger charge is -2.13. The van der Waals surface area contributed by atoms with Crippen LogP contribution in [0.5, 0.6) is 11.6 Å². The second kappa shape index (κ2) is 5.94. The second-order valence-electron chi connectivity index (χ2n) is 3.81. The van der Waals surface area contributed by atoms with Crippen LogP contribution in [0.15, 0.2) is 42.6 Å². The molecule has 21 heavy (non-hydrogen) atoms. The van der Waals surface area contributed by atoms with Crippen LogP contribution in [0.4, 0.5) is 22.0 Å². The van der Waals surface area contributed by atoms with Crippen molar-refractivity contribution in [2.24, 2.45) is 0 Å². The molecule has 0 saturated carbocycles. The molecule has 0 aliphatic carbocycles. The summed E-state index contributed by atoms with van der Waals surface area (Å²) >= 11 is 0. The van der Waals surface area contributed by atoms with E-state index < -0.39 is 18.7 Å². The first-order valence-electron chi connectivity index (χ1n) is 5.61. The van der Waals surface area contributed by atoms with Gasteiger partial charge in [-0.25, -0.2) is 4.98 Å². The summed E-state index contributed by atoms with van der Waals surface area (Å²) in [4.78, 5) is 3.59. The van der Waals surface area contributed by atoms with Crippen LogP contribution >= 0.6 is 0 Å². The van der Waals surface area contributed by atoms with Crippen molar-refractivity contribution in [1.82, 2.24) is 4.98 Å². The van der Waals surface area contributed by atoms with Gasteiger partial charge in [-0.3, -0.25) is 0 Å². The standard InChI is InChI=1S/C13H8F5NO2/c14-12(15)20-11-6-5-8(7-19-11)9-3-1-2-4-10(9)21-13(16,17)18/h1-7,12H. The fourth-order valence-corrected chi connectivity index (χ4v) is 1.62. The molecule has 0 atom stereocenters. The van der Waals surface area contributed by atoms with Gasteiger partial charge in [0.25, 0.3) is 0 Å². The molecular weight excluding hydrogens is 297 g/mol. The average molecular weight is 305 g/mol. The molecular formula is C13H8F5NO2. The molecule has 1 heterocycles. The van der Waals surface area contributed by atoms with Crippen molar-refractivity contribution in [3.8, 4) is 22.8 Å². The molecule has 1 aromatic carbocycles. The predicted molar refractivity (Wildman–Crippen MR) is 63.0 cm³/mol. The fraction of sp³-hybridized carbons (Fsp3) is 0.154. The van der Waals surface area contributed by atoms with Crippen LogP contribution in [0.25, 0.3) is 11.1 Å². The smallest absolute Gasteiger partial charge is 0.417 e. The first-order chi connectivity index (χ1) is 9.85. The second-order valence-corrected chi connectivity index (χ2v) is 3.81. The van der Waals surface area contributed by atoms with Gasteiger partial charge in [0.2, 0.25) is 5.88 Å². The van der Waals surface area contributed by atoms with Gasteiger partial charge in [-0.05, 0) is 12.1 Å². The normalized spacial score (nSPS) is 11.5. The van der Waals surface area contributed by atoms with Crippen molar-refractivity contribution in [3.63, 3.8) is 0 Å². The zero-order valence-corrected chi connectivity index (χ0v) is 10.3. The van der Waals surface area contributed by atoms with E-state index in [0.717, 1.165) is 18.3 Å². The third kappa shape index (κ3) is 4.30. The number of ether oxygens (including phenoxy) is 2. The van der Waals surface area contributed by atoms with Gasteiger partial charge >= 0.3 is 13.0 Å². The lowest BCUT2D eigenvalue weighted by molar-refractivity contribution is -0.274. The Hall–Kier alpha value is -2.38. The van der Waals surface area contributed by atoms with Gasteiger partial charge in [0.05, 0.1) is 0 Å².